The van der Waals surface area contributed by atoms with Gasteiger partial charge in [0.2, 0.25) is 0 Å². The molecule has 2 heterocycles. The van der Waals surface area contributed by atoms with Crippen LogP contribution >= 0.6 is 11.8 Å². The van der Waals surface area contributed by atoms with Crippen LogP contribution in [0.1, 0.15) is 24.0 Å². The molecule has 0 saturated carbocycles. The highest BCUT2D eigenvalue weighted by molar-refractivity contribution is 8.08. The summed E-state index contributed by atoms with van der Waals surface area (Å²) in [4.78, 5) is 4.74. The third kappa shape index (κ3) is 4.25. The Kier molecular flexibility index (Phi) is 5.78. The maximum Gasteiger partial charge on any atom is 0.149 e. The van der Waals surface area contributed by atoms with Crippen molar-refractivity contribution in [2.45, 2.75) is 17.7 Å². The lowest BCUT2D eigenvalue weighted by Crippen LogP contribution is -2.25. The van der Waals surface area contributed by atoms with Crippen molar-refractivity contribution in [1.82, 2.24) is 4.90 Å². The van der Waals surface area contributed by atoms with Gasteiger partial charge in [0.15, 0.2) is 0 Å². The van der Waals surface area contributed by atoms with E-state index in [1.54, 1.807) is 11.8 Å². The molecule has 0 aromatic heterocycles. The van der Waals surface area contributed by atoms with Gasteiger partial charge in [-0.3, -0.25) is 4.90 Å². The molecule has 3 aromatic rings. The van der Waals surface area contributed by atoms with Crippen molar-refractivity contribution < 1.29 is 9.47 Å². The molecule has 0 N–H and O–H groups in total. The largest absolute Gasteiger partial charge is 0.492 e. The van der Waals surface area contributed by atoms with Crippen LogP contribution in [0.25, 0.3) is 10.7 Å². The molecule has 2 aliphatic heterocycles. The molecule has 4 heteroatoms. The van der Waals surface area contributed by atoms with Gasteiger partial charge in [-0.1, -0.05) is 54.2 Å². The van der Waals surface area contributed by atoms with Gasteiger partial charge in [-0.05, 0) is 67.9 Å². The molecule has 30 heavy (non-hydrogen) atoms. The number of ether oxygens (including phenoxy) is 2. The van der Waals surface area contributed by atoms with Crippen LogP contribution in [0.5, 0.6) is 11.5 Å². The summed E-state index contributed by atoms with van der Waals surface area (Å²) in [5, 5.41) is 0. The monoisotopic (exact) mass is 415 g/mol. The number of nitrogens with zero attached hydrogens (tertiary/aromatic N) is 1. The molecule has 1 saturated heterocycles. The highest BCUT2D eigenvalue weighted by Gasteiger charge is 2.23. The van der Waals surface area contributed by atoms with E-state index in [0.717, 1.165) is 51.3 Å². The predicted octanol–water partition coefficient (Wildman–Crippen LogP) is 6.17. The molecule has 3 nitrogen and oxygen atoms in total. The fourth-order valence-electron chi connectivity index (χ4n) is 3.90. The molecule has 0 aliphatic carbocycles. The maximum atomic E-state index is 6.38. The van der Waals surface area contributed by atoms with Gasteiger partial charge in [0, 0.05) is 12.1 Å². The van der Waals surface area contributed by atoms with Crippen LogP contribution in [0.15, 0.2) is 83.8 Å². The number of thioether (sulfide) groups is 1. The Morgan fingerprint density at radius 2 is 1.53 bits per heavy atom. The molecule has 2 aliphatic rings. The van der Waals surface area contributed by atoms with E-state index in [1.807, 2.05) is 30.3 Å². The van der Waals surface area contributed by atoms with E-state index in [0.29, 0.717) is 0 Å². The van der Waals surface area contributed by atoms with Crippen LogP contribution in [-0.2, 0) is 0 Å². The summed E-state index contributed by atoms with van der Waals surface area (Å²) in [7, 11) is 0. The number of fused-ring (bicyclic) bond motifs is 1. The summed E-state index contributed by atoms with van der Waals surface area (Å²) in [6.07, 6.45) is 2.63. The second-order valence-corrected chi connectivity index (χ2v) is 8.65. The first kappa shape index (κ1) is 19.3. The first-order valence-electron chi connectivity index (χ1n) is 10.6. The SMILES string of the molecule is c1ccc(C2=C(c3ccc(OCCN4CCCC4)cc3)Oc3ccccc3S2)cc1. The van der Waals surface area contributed by atoms with E-state index in [1.165, 1.54) is 25.9 Å². The molecule has 0 unspecified atom stereocenters. The molecule has 1 fully saturated rings. The maximum absolute atomic E-state index is 6.38. The summed E-state index contributed by atoms with van der Waals surface area (Å²) >= 11 is 1.76. The highest BCUT2D eigenvalue weighted by atomic mass is 32.2. The minimum Gasteiger partial charge on any atom is -0.492 e. The zero-order valence-electron chi connectivity index (χ0n) is 16.9. The molecule has 0 spiro atoms. The molecular formula is C26H25NO2S. The van der Waals surface area contributed by atoms with Gasteiger partial charge in [0.25, 0.3) is 0 Å². The molecule has 0 radical (unpaired) electrons. The topological polar surface area (TPSA) is 21.7 Å². The van der Waals surface area contributed by atoms with Crippen LogP contribution in [0, 0.1) is 0 Å². The van der Waals surface area contributed by atoms with Gasteiger partial charge in [-0.25, -0.2) is 0 Å². The van der Waals surface area contributed by atoms with Crippen LogP contribution < -0.4 is 9.47 Å². The average Bonchev–Trinajstić information content (AvgIpc) is 3.33. The van der Waals surface area contributed by atoms with Crippen LogP contribution in [0.3, 0.4) is 0 Å². The van der Waals surface area contributed by atoms with Crippen molar-refractivity contribution >= 4 is 22.4 Å². The lowest BCUT2D eigenvalue weighted by Gasteiger charge is -2.23. The second-order valence-electron chi connectivity index (χ2n) is 7.60. The van der Waals surface area contributed by atoms with Crippen LogP contribution in [-0.4, -0.2) is 31.1 Å². The van der Waals surface area contributed by atoms with E-state index in [-0.39, 0.29) is 0 Å². The van der Waals surface area contributed by atoms with Crippen LogP contribution in [0.2, 0.25) is 0 Å². The zero-order chi connectivity index (χ0) is 20.2. The number of para-hydroxylation sites is 1. The summed E-state index contributed by atoms with van der Waals surface area (Å²) in [5.74, 6) is 2.71. The Bertz CT molecular complexity index is 1020. The first-order valence-corrected chi connectivity index (χ1v) is 11.4. The molecule has 3 aromatic carbocycles. The van der Waals surface area contributed by atoms with Gasteiger partial charge in [0.05, 0.1) is 9.80 Å². The van der Waals surface area contributed by atoms with Gasteiger partial charge in [-0.2, -0.15) is 0 Å². The molecular weight excluding hydrogens is 390 g/mol. The average molecular weight is 416 g/mol. The van der Waals surface area contributed by atoms with Crippen molar-refractivity contribution in [3.8, 4) is 11.5 Å². The fourth-order valence-corrected chi connectivity index (χ4v) is 4.99. The zero-order valence-corrected chi connectivity index (χ0v) is 17.7. The predicted molar refractivity (Wildman–Crippen MR) is 124 cm³/mol. The fraction of sp³-hybridized carbons (Fsp3) is 0.231. The van der Waals surface area contributed by atoms with E-state index in [2.05, 4.69) is 53.4 Å². The number of likely N-dealkylation sites (tertiary alicyclic amines) is 1. The van der Waals surface area contributed by atoms with Crippen LogP contribution in [0.4, 0.5) is 0 Å². The van der Waals surface area contributed by atoms with Crippen molar-refractivity contribution in [2.24, 2.45) is 0 Å². The Morgan fingerprint density at radius 1 is 0.800 bits per heavy atom. The molecule has 0 amide bonds. The summed E-state index contributed by atoms with van der Waals surface area (Å²) in [5.41, 5.74) is 2.22. The van der Waals surface area contributed by atoms with Gasteiger partial charge in [-0.15, -0.1) is 0 Å². The minimum atomic E-state index is 0.733. The standard InChI is InChI=1S/C26H25NO2S/c1-2-8-21(9-3-1)26-25(29-23-10-4-5-11-24(23)30-26)20-12-14-22(15-13-20)28-19-18-27-16-6-7-17-27/h1-5,8-15H,6-7,16-19H2. The number of rotatable bonds is 6. The number of benzene rings is 3. The summed E-state index contributed by atoms with van der Waals surface area (Å²) in [6.45, 7) is 4.14. The number of hydrogen-bond donors (Lipinski definition) is 0. The summed E-state index contributed by atoms with van der Waals surface area (Å²) < 4.78 is 12.4. The van der Waals surface area contributed by atoms with Crippen molar-refractivity contribution in [1.29, 1.82) is 0 Å². The highest BCUT2D eigenvalue weighted by Crippen LogP contribution is 2.48. The Morgan fingerprint density at radius 3 is 2.33 bits per heavy atom. The third-order valence-electron chi connectivity index (χ3n) is 5.51. The lowest BCUT2D eigenvalue weighted by molar-refractivity contribution is 0.238. The van der Waals surface area contributed by atoms with Gasteiger partial charge in [0.1, 0.15) is 23.9 Å². The van der Waals surface area contributed by atoms with Gasteiger partial charge >= 0.3 is 0 Å². The second kappa shape index (κ2) is 8.99. The molecule has 152 valence electrons. The van der Waals surface area contributed by atoms with Crippen molar-refractivity contribution in [2.75, 3.05) is 26.2 Å². The molecule has 5 rings (SSSR count). The minimum absolute atomic E-state index is 0.733. The Balaban J connectivity index is 1.38. The Hall–Kier alpha value is -2.69. The Labute approximate surface area is 182 Å². The quantitative estimate of drug-likeness (QED) is 0.480. The third-order valence-corrected chi connectivity index (χ3v) is 6.69. The molecule has 0 bridgehead atoms. The van der Waals surface area contributed by atoms with Crippen molar-refractivity contribution in [3.63, 3.8) is 0 Å². The van der Waals surface area contributed by atoms with Crippen molar-refractivity contribution in [3.05, 3.63) is 90.0 Å². The van der Waals surface area contributed by atoms with E-state index >= 15 is 0 Å². The van der Waals surface area contributed by atoms with E-state index < -0.39 is 0 Å². The number of hydrogen-bond acceptors (Lipinski definition) is 4. The van der Waals surface area contributed by atoms with E-state index in [4.69, 9.17) is 9.47 Å². The normalized spacial score (nSPS) is 16.3. The first-order chi connectivity index (χ1) is 14.9. The van der Waals surface area contributed by atoms with E-state index in [9.17, 15) is 0 Å². The lowest BCUT2D eigenvalue weighted by atomic mass is 10.1. The van der Waals surface area contributed by atoms with Gasteiger partial charge < -0.3 is 9.47 Å². The summed E-state index contributed by atoms with van der Waals surface area (Å²) in [6, 6.07) is 26.9. The smallest absolute Gasteiger partial charge is 0.149 e. The molecule has 0 atom stereocenters.